The number of carbonyl (C=O) groups is 1. The SMILES string of the molecule is Cc1cc(N=C2C3C(=CCN3CCNC(=O)CC(C)O)N=CN2C)ccc1Oc1cccc(OC(F)(F)C(F)F)c1. The average molecular weight is 578 g/mol. The molecule has 9 nitrogen and oxygen atoms in total. The third-order valence-electron chi connectivity index (χ3n) is 6.31. The minimum absolute atomic E-state index is 0.0413. The average Bonchev–Trinajstić information content (AvgIpc) is 3.30. The molecule has 2 aliphatic heterocycles. The largest absolute Gasteiger partial charge is 0.461 e. The van der Waals surface area contributed by atoms with Crippen molar-refractivity contribution in [3.8, 4) is 17.2 Å². The summed E-state index contributed by atoms with van der Waals surface area (Å²) in [5.74, 6) is 0.610. The molecule has 0 aromatic heterocycles. The summed E-state index contributed by atoms with van der Waals surface area (Å²) in [7, 11) is 1.84. The van der Waals surface area contributed by atoms with Gasteiger partial charge in [-0.1, -0.05) is 6.07 Å². The van der Waals surface area contributed by atoms with E-state index in [1.807, 2.05) is 18.0 Å². The third kappa shape index (κ3) is 7.61. The Balaban J connectivity index is 1.47. The van der Waals surface area contributed by atoms with Crippen molar-refractivity contribution in [2.45, 2.75) is 44.9 Å². The number of aryl methyl sites for hydroxylation is 1. The van der Waals surface area contributed by atoms with Crippen LogP contribution in [-0.2, 0) is 4.79 Å². The molecule has 13 heteroatoms. The van der Waals surface area contributed by atoms with Gasteiger partial charge in [0, 0.05) is 32.7 Å². The van der Waals surface area contributed by atoms with Crippen LogP contribution in [0.2, 0.25) is 0 Å². The van der Waals surface area contributed by atoms with Gasteiger partial charge in [-0.2, -0.15) is 17.6 Å². The second-order valence-electron chi connectivity index (χ2n) is 9.75. The summed E-state index contributed by atoms with van der Waals surface area (Å²) < 4.78 is 61.5. The van der Waals surface area contributed by atoms with Gasteiger partial charge in [0.25, 0.3) is 0 Å². The number of nitrogens with zero attached hydrogens (tertiary/aromatic N) is 4. The van der Waals surface area contributed by atoms with Gasteiger partial charge in [0.2, 0.25) is 5.91 Å². The van der Waals surface area contributed by atoms with E-state index in [-0.39, 0.29) is 24.1 Å². The van der Waals surface area contributed by atoms with E-state index in [4.69, 9.17) is 9.73 Å². The number of aliphatic hydroxyl groups excluding tert-OH is 1. The van der Waals surface area contributed by atoms with Crippen molar-refractivity contribution < 1.29 is 36.9 Å². The lowest BCUT2D eigenvalue weighted by Crippen LogP contribution is -2.49. The quantitative estimate of drug-likeness (QED) is 0.382. The van der Waals surface area contributed by atoms with E-state index in [0.717, 1.165) is 23.7 Å². The predicted molar refractivity (Wildman–Crippen MR) is 145 cm³/mol. The molecule has 0 saturated heterocycles. The fourth-order valence-electron chi connectivity index (χ4n) is 4.36. The number of halogens is 4. The van der Waals surface area contributed by atoms with E-state index < -0.39 is 24.4 Å². The first kappa shape index (κ1) is 30.0. The van der Waals surface area contributed by atoms with Crippen molar-refractivity contribution in [3.63, 3.8) is 0 Å². The Morgan fingerprint density at radius 3 is 2.71 bits per heavy atom. The summed E-state index contributed by atoms with van der Waals surface area (Å²) in [5.41, 5.74) is 2.19. The molecule has 2 aliphatic rings. The number of hydrogen-bond acceptors (Lipinski definition) is 7. The highest BCUT2D eigenvalue weighted by molar-refractivity contribution is 6.01. The summed E-state index contributed by atoms with van der Waals surface area (Å²) in [6.07, 6.45) is -5.56. The highest BCUT2D eigenvalue weighted by atomic mass is 19.3. The maximum absolute atomic E-state index is 13.3. The zero-order valence-electron chi connectivity index (χ0n) is 22.7. The van der Waals surface area contributed by atoms with Crippen LogP contribution in [0.5, 0.6) is 17.2 Å². The minimum atomic E-state index is -4.62. The summed E-state index contributed by atoms with van der Waals surface area (Å²) in [6, 6.07) is 10.1. The van der Waals surface area contributed by atoms with Gasteiger partial charge in [-0.3, -0.25) is 9.69 Å². The van der Waals surface area contributed by atoms with Crippen LogP contribution < -0.4 is 14.8 Å². The monoisotopic (exact) mass is 577 g/mol. The number of ether oxygens (including phenoxy) is 2. The smallest absolute Gasteiger partial charge is 0.457 e. The number of aliphatic imine (C=N–C) groups is 2. The fourth-order valence-corrected chi connectivity index (χ4v) is 4.36. The molecule has 1 amide bonds. The Morgan fingerprint density at radius 1 is 1.24 bits per heavy atom. The molecule has 0 radical (unpaired) electrons. The molecule has 0 fully saturated rings. The van der Waals surface area contributed by atoms with Crippen LogP contribution in [0.25, 0.3) is 0 Å². The fraction of sp³-hybridized carbons (Fsp3) is 0.393. The molecule has 0 spiro atoms. The highest BCUT2D eigenvalue weighted by Gasteiger charge is 2.44. The van der Waals surface area contributed by atoms with Crippen LogP contribution in [0.1, 0.15) is 18.9 Å². The number of nitrogens with one attached hydrogen (secondary N) is 1. The topological polar surface area (TPSA) is 99.0 Å². The Labute approximate surface area is 234 Å². The first-order valence-corrected chi connectivity index (χ1v) is 12.9. The number of fused-ring (bicyclic) bond motifs is 1. The van der Waals surface area contributed by atoms with Gasteiger partial charge in [0.1, 0.15) is 29.1 Å². The standard InChI is InChI=1S/C28H31F4N5O4/c1-17-13-19(7-8-23(17)40-20-5-4-6-21(15-20)41-28(31,32)27(29)30)35-26-25-22(34-16-36(26)3)9-11-37(25)12-10-33-24(39)14-18(2)38/h4-9,13,15-16,18,25,27,38H,10-12,14H2,1-3H3,(H,33,39). The van der Waals surface area contributed by atoms with Crippen molar-refractivity contribution in [1.82, 2.24) is 15.1 Å². The van der Waals surface area contributed by atoms with Crippen LogP contribution in [0.4, 0.5) is 23.2 Å². The van der Waals surface area contributed by atoms with Crippen LogP contribution in [-0.4, -0.2) is 84.3 Å². The van der Waals surface area contributed by atoms with Gasteiger partial charge in [0.15, 0.2) is 0 Å². The number of amides is 1. The molecule has 220 valence electrons. The Bertz CT molecular complexity index is 1350. The lowest BCUT2D eigenvalue weighted by atomic mass is 10.1. The molecule has 2 unspecified atom stereocenters. The Hall–Kier alpha value is -3.97. The molecule has 2 N–H and O–H groups in total. The first-order valence-electron chi connectivity index (χ1n) is 12.9. The van der Waals surface area contributed by atoms with E-state index in [9.17, 15) is 27.5 Å². The molecular formula is C28H31F4N5O4. The molecular weight excluding hydrogens is 546 g/mol. The Kier molecular flexibility index (Phi) is 9.28. The van der Waals surface area contributed by atoms with E-state index in [1.54, 1.807) is 38.4 Å². The molecule has 4 rings (SSSR count). The number of benzene rings is 2. The molecule has 0 bridgehead atoms. The first-order chi connectivity index (χ1) is 19.4. The third-order valence-corrected chi connectivity index (χ3v) is 6.31. The van der Waals surface area contributed by atoms with Gasteiger partial charge in [-0.15, -0.1) is 0 Å². The molecule has 41 heavy (non-hydrogen) atoms. The Morgan fingerprint density at radius 2 is 2.00 bits per heavy atom. The lowest BCUT2D eigenvalue weighted by molar-refractivity contribution is -0.253. The van der Waals surface area contributed by atoms with Gasteiger partial charge >= 0.3 is 12.5 Å². The summed E-state index contributed by atoms with van der Waals surface area (Å²) in [6.45, 7) is 4.94. The lowest BCUT2D eigenvalue weighted by Gasteiger charge is -2.33. The molecule has 0 aliphatic carbocycles. The molecule has 2 aromatic rings. The zero-order valence-corrected chi connectivity index (χ0v) is 22.7. The van der Waals surface area contributed by atoms with Crippen LogP contribution in [0.3, 0.4) is 0 Å². The van der Waals surface area contributed by atoms with Gasteiger partial charge in [0.05, 0.1) is 30.2 Å². The van der Waals surface area contributed by atoms with E-state index >= 15 is 0 Å². The summed E-state index contributed by atoms with van der Waals surface area (Å²) >= 11 is 0. The number of carbonyl (C=O) groups excluding carboxylic acids is 1. The zero-order chi connectivity index (χ0) is 29.7. The van der Waals surface area contributed by atoms with Gasteiger partial charge < -0.3 is 24.8 Å². The molecule has 2 aromatic carbocycles. The maximum Gasteiger partial charge on any atom is 0.461 e. The van der Waals surface area contributed by atoms with E-state index in [0.29, 0.717) is 36.6 Å². The summed E-state index contributed by atoms with van der Waals surface area (Å²) in [5, 5.41) is 12.2. The second kappa shape index (κ2) is 12.7. The number of likely N-dealkylation sites (N-methyl/N-ethyl adjacent to an activating group) is 1. The van der Waals surface area contributed by atoms with Crippen molar-refractivity contribution in [2.75, 3.05) is 26.7 Å². The van der Waals surface area contributed by atoms with Crippen molar-refractivity contribution in [2.24, 2.45) is 9.98 Å². The number of aliphatic hydroxyl groups is 1. The number of rotatable bonds is 11. The summed E-state index contributed by atoms with van der Waals surface area (Å²) in [4.78, 5) is 25.3. The number of hydrogen-bond donors (Lipinski definition) is 2. The molecule has 2 heterocycles. The van der Waals surface area contributed by atoms with Crippen LogP contribution in [0.15, 0.2) is 64.2 Å². The molecule has 0 saturated carbocycles. The number of alkyl halides is 4. The maximum atomic E-state index is 13.3. The molecule has 2 atom stereocenters. The van der Waals surface area contributed by atoms with Crippen molar-refractivity contribution in [3.05, 3.63) is 59.8 Å². The predicted octanol–water partition coefficient (Wildman–Crippen LogP) is 4.48. The van der Waals surface area contributed by atoms with E-state index in [2.05, 4.69) is 19.9 Å². The normalized spacial score (nSPS) is 18.9. The van der Waals surface area contributed by atoms with Gasteiger partial charge in [-0.05, 0) is 55.8 Å². The van der Waals surface area contributed by atoms with Crippen LogP contribution in [0, 0.1) is 6.92 Å². The highest BCUT2D eigenvalue weighted by Crippen LogP contribution is 2.34. The van der Waals surface area contributed by atoms with Crippen LogP contribution >= 0.6 is 0 Å². The second-order valence-corrected chi connectivity index (χ2v) is 9.75. The van der Waals surface area contributed by atoms with E-state index in [1.165, 1.54) is 12.1 Å². The van der Waals surface area contributed by atoms with Crippen molar-refractivity contribution in [1.29, 1.82) is 0 Å². The minimum Gasteiger partial charge on any atom is -0.457 e. The van der Waals surface area contributed by atoms with Crippen molar-refractivity contribution >= 4 is 23.8 Å². The van der Waals surface area contributed by atoms with Gasteiger partial charge in [-0.25, -0.2) is 9.98 Å². The number of amidine groups is 1.